The molecule has 9 heteroatoms. The second-order valence-corrected chi connectivity index (χ2v) is 8.42. The third-order valence-electron chi connectivity index (χ3n) is 3.91. The Morgan fingerprint density at radius 1 is 1.42 bits per heavy atom. The van der Waals surface area contributed by atoms with Gasteiger partial charge < -0.3 is 14.8 Å². The lowest BCUT2D eigenvalue weighted by atomic mass is 10.1. The van der Waals surface area contributed by atoms with E-state index in [1.165, 1.54) is 31.6 Å². The monoisotopic (exact) mass is 376 g/mol. The number of benzene rings is 1. The first kappa shape index (κ1) is 19.0. The standard InChI is InChI=1S/C15H21ClN2O5S/c1-18(2)24(20,21)9-11-7-23-8-13(11)17-15(19)10-4-5-14(22-3)12(16)6-10/h4-6,11,13H,7-9H2,1-3H3,(H,17,19)/t11-,13+/m0/s1. The molecule has 24 heavy (non-hydrogen) atoms. The summed E-state index contributed by atoms with van der Waals surface area (Å²) in [6.07, 6.45) is 0. The molecule has 0 radical (unpaired) electrons. The maximum Gasteiger partial charge on any atom is 0.251 e. The smallest absolute Gasteiger partial charge is 0.251 e. The number of nitrogens with one attached hydrogen (secondary N) is 1. The molecule has 1 aliphatic heterocycles. The highest BCUT2D eigenvalue weighted by Gasteiger charge is 2.34. The van der Waals surface area contributed by atoms with Gasteiger partial charge in [0.15, 0.2) is 0 Å². The fraction of sp³-hybridized carbons (Fsp3) is 0.533. The third-order valence-corrected chi connectivity index (χ3v) is 6.17. The van der Waals surface area contributed by atoms with Crippen LogP contribution < -0.4 is 10.1 Å². The minimum atomic E-state index is -3.37. The lowest BCUT2D eigenvalue weighted by Gasteiger charge is -2.21. The van der Waals surface area contributed by atoms with Gasteiger partial charge in [0.05, 0.1) is 37.1 Å². The summed E-state index contributed by atoms with van der Waals surface area (Å²) in [6.45, 7) is 0.574. The highest BCUT2D eigenvalue weighted by Crippen LogP contribution is 2.25. The van der Waals surface area contributed by atoms with Crippen LogP contribution in [0.5, 0.6) is 5.75 Å². The van der Waals surface area contributed by atoms with E-state index in [9.17, 15) is 13.2 Å². The molecule has 134 valence electrons. The summed E-state index contributed by atoms with van der Waals surface area (Å²) in [5.41, 5.74) is 0.377. The van der Waals surface area contributed by atoms with Crippen molar-refractivity contribution in [1.29, 1.82) is 0 Å². The van der Waals surface area contributed by atoms with Crippen molar-refractivity contribution >= 4 is 27.5 Å². The van der Waals surface area contributed by atoms with E-state index in [2.05, 4.69) is 5.32 Å². The summed E-state index contributed by atoms with van der Waals surface area (Å²) < 4.78 is 35.6. The van der Waals surface area contributed by atoms with Gasteiger partial charge in [0.2, 0.25) is 10.0 Å². The zero-order chi connectivity index (χ0) is 17.9. The summed E-state index contributed by atoms with van der Waals surface area (Å²) in [4.78, 5) is 12.4. The molecule has 1 saturated heterocycles. The van der Waals surface area contributed by atoms with Crippen molar-refractivity contribution in [2.24, 2.45) is 5.92 Å². The molecule has 0 aliphatic carbocycles. The predicted octanol–water partition coefficient (Wildman–Crippen LogP) is 0.985. The zero-order valence-corrected chi connectivity index (χ0v) is 15.4. The SMILES string of the molecule is COc1ccc(C(=O)N[C@@H]2COC[C@H]2CS(=O)(=O)N(C)C)cc1Cl. The molecular weight excluding hydrogens is 356 g/mol. The van der Waals surface area contributed by atoms with Gasteiger partial charge in [-0.25, -0.2) is 12.7 Å². The van der Waals surface area contributed by atoms with Gasteiger partial charge in [0, 0.05) is 25.6 Å². The molecule has 1 aliphatic rings. The van der Waals surface area contributed by atoms with E-state index in [1.54, 1.807) is 12.1 Å². The van der Waals surface area contributed by atoms with Crippen molar-refractivity contribution in [1.82, 2.24) is 9.62 Å². The molecule has 1 heterocycles. The highest BCUT2D eigenvalue weighted by molar-refractivity contribution is 7.89. The molecule has 0 saturated carbocycles. The van der Waals surface area contributed by atoms with E-state index < -0.39 is 10.0 Å². The molecule has 0 spiro atoms. The number of carbonyl (C=O) groups excluding carboxylic acids is 1. The number of nitrogens with zero attached hydrogens (tertiary/aromatic N) is 1. The van der Waals surface area contributed by atoms with Gasteiger partial charge in [-0.1, -0.05) is 11.6 Å². The van der Waals surface area contributed by atoms with E-state index in [4.69, 9.17) is 21.1 Å². The molecule has 1 aromatic carbocycles. The quantitative estimate of drug-likeness (QED) is 0.800. The van der Waals surface area contributed by atoms with Crippen LogP contribution in [-0.2, 0) is 14.8 Å². The van der Waals surface area contributed by atoms with Crippen molar-refractivity contribution in [2.75, 3.05) is 40.2 Å². The number of methoxy groups -OCH3 is 1. The van der Waals surface area contributed by atoms with Crippen molar-refractivity contribution < 1.29 is 22.7 Å². The number of carbonyl (C=O) groups is 1. The number of sulfonamides is 1. The Morgan fingerprint density at radius 2 is 2.12 bits per heavy atom. The Kier molecular flexibility index (Phi) is 6.08. The normalized spacial score (nSPS) is 21.0. The largest absolute Gasteiger partial charge is 0.495 e. The van der Waals surface area contributed by atoms with Gasteiger partial charge in [0.25, 0.3) is 5.91 Å². The zero-order valence-electron chi connectivity index (χ0n) is 13.8. The van der Waals surface area contributed by atoms with Crippen LogP contribution >= 0.6 is 11.6 Å². The maximum atomic E-state index is 12.4. The molecule has 0 bridgehead atoms. The molecule has 1 amide bonds. The number of halogens is 1. The predicted molar refractivity (Wildman–Crippen MR) is 91.0 cm³/mol. The van der Waals surface area contributed by atoms with E-state index in [1.807, 2.05) is 0 Å². The fourth-order valence-electron chi connectivity index (χ4n) is 2.40. The van der Waals surface area contributed by atoms with E-state index in [-0.39, 0.29) is 30.2 Å². The van der Waals surface area contributed by atoms with Crippen molar-refractivity contribution in [3.05, 3.63) is 28.8 Å². The molecule has 0 unspecified atom stereocenters. The molecule has 1 aromatic rings. The molecule has 0 aromatic heterocycles. The summed E-state index contributed by atoms with van der Waals surface area (Å²) in [5, 5.41) is 3.16. The van der Waals surface area contributed by atoms with Crippen molar-refractivity contribution in [3.63, 3.8) is 0 Å². The minimum absolute atomic E-state index is 0.0751. The first-order chi connectivity index (χ1) is 11.2. The molecule has 1 N–H and O–H groups in total. The lowest BCUT2D eigenvalue weighted by Crippen LogP contribution is -2.43. The van der Waals surface area contributed by atoms with E-state index in [0.29, 0.717) is 22.9 Å². The van der Waals surface area contributed by atoms with Gasteiger partial charge >= 0.3 is 0 Å². The second kappa shape index (κ2) is 7.69. The van der Waals surface area contributed by atoms with Crippen LogP contribution in [0.4, 0.5) is 0 Å². The van der Waals surface area contributed by atoms with Gasteiger partial charge in [-0.2, -0.15) is 0 Å². The number of hydrogen-bond acceptors (Lipinski definition) is 5. The van der Waals surface area contributed by atoms with Crippen LogP contribution in [0.15, 0.2) is 18.2 Å². The summed E-state index contributed by atoms with van der Waals surface area (Å²) in [5.74, 6) is -0.223. The molecule has 7 nitrogen and oxygen atoms in total. The Morgan fingerprint density at radius 3 is 2.71 bits per heavy atom. The topological polar surface area (TPSA) is 84.9 Å². The Hall–Kier alpha value is -1.35. The molecule has 2 atom stereocenters. The van der Waals surface area contributed by atoms with Crippen LogP contribution in [0.25, 0.3) is 0 Å². The second-order valence-electron chi connectivity index (χ2n) is 5.79. The lowest BCUT2D eigenvalue weighted by molar-refractivity contribution is 0.0926. The number of rotatable bonds is 6. The summed E-state index contributed by atoms with van der Waals surface area (Å²) in [6, 6.07) is 4.35. The van der Waals surface area contributed by atoms with E-state index >= 15 is 0 Å². The number of ether oxygens (including phenoxy) is 2. The fourth-order valence-corrected chi connectivity index (χ4v) is 3.83. The van der Waals surface area contributed by atoms with Gasteiger partial charge in [-0.15, -0.1) is 0 Å². The van der Waals surface area contributed by atoms with E-state index in [0.717, 1.165) is 0 Å². The summed E-state index contributed by atoms with van der Waals surface area (Å²) >= 11 is 6.03. The van der Waals surface area contributed by atoms with Crippen molar-refractivity contribution in [3.8, 4) is 5.75 Å². The van der Waals surface area contributed by atoms with Crippen LogP contribution in [0.1, 0.15) is 10.4 Å². The Balaban J connectivity index is 2.06. The molecule has 1 fully saturated rings. The van der Waals surface area contributed by atoms with Crippen LogP contribution in [0.3, 0.4) is 0 Å². The summed E-state index contributed by atoms with van der Waals surface area (Å²) in [7, 11) is 1.09. The Bertz CT molecular complexity index is 708. The first-order valence-corrected chi connectivity index (χ1v) is 9.35. The highest BCUT2D eigenvalue weighted by atomic mass is 35.5. The van der Waals surface area contributed by atoms with Crippen LogP contribution in [-0.4, -0.2) is 64.8 Å². The average Bonchev–Trinajstić information content (AvgIpc) is 2.93. The van der Waals surface area contributed by atoms with Gasteiger partial charge in [0.1, 0.15) is 5.75 Å². The maximum absolute atomic E-state index is 12.4. The van der Waals surface area contributed by atoms with Gasteiger partial charge in [-0.3, -0.25) is 4.79 Å². The van der Waals surface area contributed by atoms with Gasteiger partial charge in [-0.05, 0) is 18.2 Å². The van der Waals surface area contributed by atoms with Crippen LogP contribution in [0, 0.1) is 5.92 Å². The molecule has 2 rings (SSSR count). The molecular formula is C15H21ClN2O5S. The third kappa shape index (κ3) is 4.38. The average molecular weight is 377 g/mol. The minimum Gasteiger partial charge on any atom is -0.495 e. The first-order valence-electron chi connectivity index (χ1n) is 7.37. The van der Waals surface area contributed by atoms with Crippen molar-refractivity contribution in [2.45, 2.75) is 6.04 Å². The Labute approximate surface area is 146 Å². The number of amides is 1. The number of hydrogen-bond donors (Lipinski definition) is 1. The van der Waals surface area contributed by atoms with Crippen LogP contribution in [0.2, 0.25) is 5.02 Å².